The number of amides is 1. The highest BCUT2D eigenvalue weighted by molar-refractivity contribution is 7.09. The zero-order chi connectivity index (χ0) is 16.5. The molecular formula is C18H18FN3OS. The van der Waals surface area contributed by atoms with Crippen LogP contribution in [0.25, 0.3) is 10.9 Å². The van der Waals surface area contributed by atoms with E-state index in [1.165, 1.54) is 17.0 Å². The van der Waals surface area contributed by atoms with Crippen LogP contribution in [0, 0.1) is 5.82 Å². The first-order valence-corrected chi connectivity index (χ1v) is 8.89. The second-order valence-electron chi connectivity index (χ2n) is 6.06. The third-order valence-corrected chi connectivity index (χ3v) is 5.29. The molecule has 0 spiro atoms. The van der Waals surface area contributed by atoms with E-state index in [1.54, 1.807) is 23.5 Å². The van der Waals surface area contributed by atoms with E-state index in [1.807, 2.05) is 4.90 Å². The number of fused-ring (bicyclic) bond motifs is 1. The molecule has 1 N–H and O–H groups in total. The molecule has 1 aromatic carbocycles. The Morgan fingerprint density at radius 3 is 2.75 bits per heavy atom. The molecule has 1 fully saturated rings. The van der Waals surface area contributed by atoms with Crippen molar-refractivity contribution >= 4 is 28.1 Å². The second-order valence-corrected chi connectivity index (χ2v) is 7.09. The summed E-state index contributed by atoms with van der Waals surface area (Å²) in [6.07, 6.45) is 0. The van der Waals surface area contributed by atoms with E-state index in [4.69, 9.17) is 0 Å². The molecule has 1 aliphatic rings. The predicted octanol–water partition coefficient (Wildman–Crippen LogP) is 3.33. The zero-order valence-electron chi connectivity index (χ0n) is 13.2. The molecule has 0 unspecified atom stereocenters. The maximum absolute atomic E-state index is 13.3. The quantitative estimate of drug-likeness (QED) is 0.792. The second kappa shape index (κ2) is 6.37. The molecule has 6 heteroatoms. The summed E-state index contributed by atoms with van der Waals surface area (Å²) >= 11 is 1.77. The third-order valence-electron chi connectivity index (χ3n) is 4.43. The highest BCUT2D eigenvalue weighted by Gasteiger charge is 2.23. The minimum Gasteiger partial charge on any atom is -0.351 e. The summed E-state index contributed by atoms with van der Waals surface area (Å²) in [5, 5.41) is 2.82. The van der Waals surface area contributed by atoms with Gasteiger partial charge in [-0.25, -0.2) is 4.39 Å². The van der Waals surface area contributed by atoms with Crippen molar-refractivity contribution in [3.63, 3.8) is 0 Å². The standard InChI is InChI=1S/C18H18FN3OS/c19-14-3-4-16-13(10-14)11-17(20-16)18(23)22-7-5-21(6-8-22)12-15-2-1-9-24-15/h1-4,9-11,20H,5-8,12H2. The molecule has 24 heavy (non-hydrogen) atoms. The van der Waals surface area contributed by atoms with E-state index >= 15 is 0 Å². The van der Waals surface area contributed by atoms with Crippen LogP contribution in [-0.4, -0.2) is 46.9 Å². The number of rotatable bonds is 3. The van der Waals surface area contributed by atoms with Crippen LogP contribution in [0.3, 0.4) is 0 Å². The lowest BCUT2D eigenvalue weighted by atomic mass is 10.2. The normalized spacial score (nSPS) is 16.0. The summed E-state index contributed by atoms with van der Waals surface area (Å²) in [6, 6.07) is 10.5. The van der Waals surface area contributed by atoms with Crippen molar-refractivity contribution in [1.82, 2.24) is 14.8 Å². The molecule has 124 valence electrons. The van der Waals surface area contributed by atoms with Gasteiger partial charge in [-0.3, -0.25) is 9.69 Å². The number of carbonyl (C=O) groups excluding carboxylic acids is 1. The summed E-state index contributed by atoms with van der Waals surface area (Å²) in [7, 11) is 0. The maximum Gasteiger partial charge on any atom is 0.270 e. The fourth-order valence-corrected chi connectivity index (χ4v) is 3.87. The SMILES string of the molecule is O=C(c1cc2cc(F)ccc2[nH]1)N1CCN(Cc2cccs2)CC1. The van der Waals surface area contributed by atoms with Crippen LogP contribution < -0.4 is 0 Å². The summed E-state index contributed by atoms with van der Waals surface area (Å²) in [5.74, 6) is -0.301. The minimum atomic E-state index is -0.289. The molecule has 3 heterocycles. The number of carbonyl (C=O) groups is 1. The highest BCUT2D eigenvalue weighted by atomic mass is 32.1. The van der Waals surface area contributed by atoms with Crippen LogP contribution in [0.4, 0.5) is 4.39 Å². The van der Waals surface area contributed by atoms with Gasteiger partial charge in [0.1, 0.15) is 11.5 Å². The van der Waals surface area contributed by atoms with E-state index < -0.39 is 0 Å². The van der Waals surface area contributed by atoms with Gasteiger partial charge in [-0.1, -0.05) is 6.07 Å². The molecule has 0 saturated carbocycles. The number of hydrogen-bond donors (Lipinski definition) is 1. The van der Waals surface area contributed by atoms with Gasteiger partial charge in [-0.05, 0) is 35.7 Å². The summed E-state index contributed by atoms with van der Waals surface area (Å²) < 4.78 is 13.3. The fraction of sp³-hybridized carbons (Fsp3) is 0.278. The lowest BCUT2D eigenvalue weighted by Gasteiger charge is -2.34. The number of thiophene rings is 1. The van der Waals surface area contributed by atoms with Gasteiger partial charge < -0.3 is 9.88 Å². The predicted molar refractivity (Wildman–Crippen MR) is 93.8 cm³/mol. The summed E-state index contributed by atoms with van der Waals surface area (Å²) in [4.78, 5) is 21.4. The number of halogens is 1. The monoisotopic (exact) mass is 343 g/mol. The number of H-pyrrole nitrogens is 1. The van der Waals surface area contributed by atoms with E-state index in [2.05, 4.69) is 27.4 Å². The molecular weight excluding hydrogens is 325 g/mol. The van der Waals surface area contributed by atoms with Crippen LogP contribution in [-0.2, 0) is 6.54 Å². The van der Waals surface area contributed by atoms with Gasteiger partial charge >= 0.3 is 0 Å². The Kier molecular flexibility index (Phi) is 4.08. The van der Waals surface area contributed by atoms with Crippen molar-refractivity contribution in [2.24, 2.45) is 0 Å². The van der Waals surface area contributed by atoms with Gasteiger partial charge in [-0.2, -0.15) is 0 Å². The first-order valence-electron chi connectivity index (χ1n) is 8.01. The van der Waals surface area contributed by atoms with Crippen molar-refractivity contribution in [2.45, 2.75) is 6.54 Å². The van der Waals surface area contributed by atoms with E-state index in [0.717, 1.165) is 30.5 Å². The lowest BCUT2D eigenvalue weighted by molar-refractivity contribution is 0.0625. The van der Waals surface area contributed by atoms with Gasteiger partial charge in [0.05, 0.1) is 0 Å². The minimum absolute atomic E-state index is 0.0117. The first kappa shape index (κ1) is 15.4. The molecule has 0 aliphatic carbocycles. The number of benzene rings is 1. The molecule has 2 aromatic heterocycles. The Balaban J connectivity index is 1.41. The number of nitrogens with one attached hydrogen (secondary N) is 1. The van der Waals surface area contributed by atoms with Gasteiger partial charge in [0.15, 0.2) is 0 Å². The van der Waals surface area contributed by atoms with Crippen LogP contribution in [0.1, 0.15) is 15.4 Å². The molecule has 1 saturated heterocycles. The number of piperazine rings is 1. The summed E-state index contributed by atoms with van der Waals surface area (Å²) in [6.45, 7) is 4.13. The Labute approximate surface area is 143 Å². The fourth-order valence-electron chi connectivity index (χ4n) is 3.12. The van der Waals surface area contributed by atoms with Crippen molar-refractivity contribution < 1.29 is 9.18 Å². The number of hydrogen-bond acceptors (Lipinski definition) is 3. The van der Waals surface area contributed by atoms with Gasteiger partial charge in [-0.15, -0.1) is 11.3 Å². The topological polar surface area (TPSA) is 39.3 Å². The molecule has 0 radical (unpaired) electrons. The largest absolute Gasteiger partial charge is 0.351 e. The number of nitrogens with zero attached hydrogens (tertiary/aromatic N) is 2. The van der Waals surface area contributed by atoms with Crippen molar-refractivity contribution in [1.29, 1.82) is 0 Å². The Morgan fingerprint density at radius 1 is 1.17 bits per heavy atom. The van der Waals surface area contributed by atoms with Gasteiger partial charge in [0.25, 0.3) is 5.91 Å². The highest BCUT2D eigenvalue weighted by Crippen LogP contribution is 2.19. The first-order chi connectivity index (χ1) is 11.7. The molecule has 4 rings (SSSR count). The molecule has 1 aliphatic heterocycles. The maximum atomic E-state index is 13.3. The van der Waals surface area contributed by atoms with Gasteiger partial charge in [0, 0.05) is 48.5 Å². The van der Waals surface area contributed by atoms with E-state index in [-0.39, 0.29) is 11.7 Å². The average Bonchev–Trinajstić information content (AvgIpc) is 3.24. The summed E-state index contributed by atoms with van der Waals surface area (Å²) in [5.41, 5.74) is 1.32. The Hall–Kier alpha value is -2.18. The van der Waals surface area contributed by atoms with Gasteiger partial charge in [0.2, 0.25) is 0 Å². The van der Waals surface area contributed by atoms with Crippen LogP contribution in [0.15, 0.2) is 41.8 Å². The number of aromatic amines is 1. The zero-order valence-corrected chi connectivity index (χ0v) is 14.0. The molecule has 1 amide bonds. The molecule has 0 bridgehead atoms. The van der Waals surface area contributed by atoms with E-state index in [9.17, 15) is 9.18 Å². The molecule has 4 nitrogen and oxygen atoms in total. The Morgan fingerprint density at radius 2 is 2.00 bits per heavy atom. The molecule has 0 atom stereocenters. The third kappa shape index (κ3) is 3.07. The average molecular weight is 343 g/mol. The van der Waals surface area contributed by atoms with Crippen molar-refractivity contribution in [3.8, 4) is 0 Å². The van der Waals surface area contributed by atoms with Crippen molar-refractivity contribution in [3.05, 3.63) is 58.2 Å². The number of aromatic nitrogens is 1. The smallest absolute Gasteiger partial charge is 0.270 e. The lowest BCUT2D eigenvalue weighted by Crippen LogP contribution is -2.48. The van der Waals surface area contributed by atoms with E-state index in [0.29, 0.717) is 18.8 Å². The molecule has 3 aromatic rings. The van der Waals surface area contributed by atoms with Crippen LogP contribution in [0.5, 0.6) is 0 Å². The van der Waals surface area contributed by atoms with Crippen molar-refractivity contribution in [2.75, 3.05) is 26.2 Å². The Bertz CT molecular complexity index is 850. The van der Waals surface area contributed by atoms with Crippen LogP contribution in [0.2, 0.25) is 0 Å². The van der Waals surface area contributed by atoms with Crippen LogP contribution >= 0.6 is 11.3 Å².